The summed E-state index contributed by atoms with van der Waals surface area (Å²) in [4.78, 5) is 32.6. The van der Waals surface area contributed by atoms with Crippen LogP contribution in [-0.2, 0) is 14.4 Å². The Hall–Kier alpha value is -1.59. The number of amides is 1. The zero-order valence-electron chi connectivity index (χ0n) is 10.3. The van der Waals surface area contributed by atoms with Crippen molar-refractivity contribution >= 4 is 17.8 Å². The normalized spacial score (nSPS) is 12.9. The summed E-state index contributed by atoms with van der Waals surface area (Å²) >= 11 is 0. The molecule has 0 fully saturated rings. The molecule has 0 aromatic carbocycles. The van der Waals surface area contributed by atoms with Gasteiger partial charge >= 0.3 is 11.9 Å². The molecule has 1 amide bonds. The number of carboxylic acid groups (broad SMARTS) is 2. The van der Waals surface area contributed by atoms with Gasteiger partial charge in [-0.25, -0.2) is 0 Å². The highest BCUT2D eigenvalue weighted by molar-refractivity contribution is 5.82. The monoisotopic (exact) mass is 245 g/mol. The lowest BCUT2D eigenvalue weighted by atomic mass is 9.94. The van der Waals surface area contributed by atoms with Crippen LogP contribution in [0.1, 0.15) is 40.0 Å². The number of aliphatic carboxylic acids is 2. The van der Waals surface area contributed by atoms with Crippen LogP contribution in [0.2, 0.25) is 0 Å². The maximum atomic E-state index is 11.6. The Morgan fingerprint density at radius 2 is 1.65 bits per heavy atom. The van der Waals surface area contributed by atoms with E-state index in [1.807, 2.05) is 0 Å². The molecule has 6 nitrogen and oxygen atoms in total. The highest BCUT2D eigenvalue weighted by atomic mass is 16.4. The van der Waals surface area contributed by atoms with Crippen LogP contribution < -0.4 is 5.32 Å². The predicted octanol–water partition coefficient (Wildman–Crippen LogP) is 0.857. The van der Waals surface area contributed by atoms with Crippen LogP contribution in [-0.4, -0.2) is 34.1 Å². The summed E-state index contributed by atoms with van der Waals surface area (Å²) in [6.45, 7) is 5.12. The lowest BCUT2D eigenvalue weighted by Crippen LogP contribution is -2.42. The Kier molecular flexibility index (Phi) is 5.64. The van der Waals surface area contributed by atoms with Gasteiger partial charge < -0.3 is 15.5 Å². The van der Waals surface area contributed by atoms with Gasteiger partial charge in [0, 0.05) is 17.9 Å². The quantitative estimate of drug-likeness (QED) is 0.643. The molecule has 0 heterocycles. The van der Waals surface area contributed by atoms with E-state index in [9.17, 15) is 14.4 Å². The molecule has 0 aromatic heterocycles. The van der Waals surface area contributed by atoms with E-state index < -0.39 is 23.4 Å². The fourth-order valence-electron chi connectivity index (χ4n) is 1.14. The number of carbonyl (C=O) groups is 3. The molecule has 0 rings (SSSR count). The van der Waals surface area contributed by atoms with Gasteiger partial charge in [0.1, 0.15) is 0 Å². The summed E-state index contributed by atoms with van der Waals surface area (Å²) in [6.07, 6.45) is -0.319. The molecule has 0 aliphatic heterocycles. The molecule has 3 N–H and O–H groups in total. The second-order valence-corrected chi connectivity index (χ2v) is 4.95. The zero-order valence-corrected chi connectivity index (χ0v) is 10.3. The second kappa shape index (κ2) is 6.22. The Morgan fingerprint density at radius 3 is 2.00 bits per heavy atom. The SMILES string of the molecule is CC(C)(C)C(=O)N[C@H](CCC(=O)O)CC(=O)O. The first-order valence-electron chi connectivity index (χ1n) is 5.37. The lowest BCUT2D eigenvalue weighted by molar-refractivity contribution is -0.140. The van der Waals surface area contributed by atoms with E-state index in [-0.39, 0.29) is 25.2 Å². The van der Waals surface area contributed by atoms with Crippen molar-refractivity contribution in [1.29, 1.82) is 0 Å². The molecular formula is C11H19NO5. The second-order valence-electron chi connectivity index (χ2n) is 4.95. The van der Waals surface area contributed by atoms with Crippen LogP contribution in [0, 0.1) is 5.41 Å². The zero-order chi connectivity index (χ0) is 13.6. The van der Waals surface area contributed by atoms with Crippen molar-refractivity contribution in [1.82, 2.24) is 5.32 Å². The minimum absolute atomic E-state index is 0.115. The molecule has 0 saturated heterocycles. The largest absolute Gasteiger partial charge is 0.481 e. The first-order chi connectivity index (χ1) is 7.62. The molecule has 0 aliphatic carbocycles. The summed E-state index contributed by atoms with van der Waals surface area (Å²) in [5.41, 5.74) is -0.625. The minimum Gasteiger partial charge on any atom is -0.481 e. The molecule has 1 atom stereocenters. The van der Waals surface area contributed by atoms with Crippen molar-refractivity contribution in [3.05, 3.63) is 0 Å². The van der Waals surface area contributed by atoms with E-state index in [2.05, 4.69) is 5.32 Å². The third kappa shape index (κ3) is 7.32. The average molecular weight is 245 g/mol. The molecule has 0 aliphatic rings. The van der Waals surface area contributed by atoms with Gasteiger partial charge in [-0.1, -0.05) is 20.8 Å². The molecule has 17 heavy (non-hydrogen) atoms. The molecule has 0 aromatic rings. The van der Waals surface area contributed by atoms with Crippen molar-refractivity contribution in [3.63, 3.8) is 0 Å². The van der Waals surface area contributed by atoms with E-state index in [4.69, 9.17) is 10.2 Å². The molecule has 0 radical (unpaired) electrons. The van der Waals surface area contributed by atoms with E-state index in [0.717, 1.165) is 0 Å². The van der Waals surface area contributed by atoms with E-state index >= 15 is 0 Å². The first-order valence-corrected chi connectivity index (χ1v) is 5.37. The third-order valence-electron chi connectivity index (χ3n) is 2.14. The fourth-order valence-corrected chi connectivity index (χ4v) is 1.14. The molecule has 0 saturated carbocycles. The summed E-state index contributed by atoms with van der Waals surface area (Å²) < 4.78 is 0. The van der Waals surface area contributed by atoms with Gasteiger partial charge in [0.05, 0.1) is 6.42 Å². The Bertz CT molecular complexity index is 305. The van der Waals surface area contributed by atoms with Crippen LogP contribution in [0.5, 0.6) is 0 Å². The number of carboxylic acids is 2. The van der Waals surface area contributed by atoms with Crippen LogP contribution in [0.15, 0.2) is 0 Å². The van der Waals surface area contributed by atoms with Crippen LogP contribution in [0.25, 0.3) is 0 Å². The van der Waals surface area contributed by atoms with Gasteiger partial charge in [-0.05, 0) is 6.42 Å². The van der Waals surface area contributed by atoms with E-state index in [1.54, 1.807) is 20.8 Å². The fraction of sp³-hybridized carbons (Fsp3) is 0.727. The molecule has 0 unspecified atom stereocenters. The van der Waals surface area contributed by atoms with Crippen molar-refractivity contribution in [2.75, 3.05) is 0 Å². The van der Waals surface area contributed by atoms with E-state index in [0.29, 0.717) is 0 Å². The Labute approximate surface area is 100 Å². The van der Waals surface area contributed by atoms with Crippen molar-refractivity contribution < 1.29 is 24.6 Å². The first kappa shape index (κ1) is 15.4. The highest BCUT2D eigenvalue weighted by Gasteiger charge is 2.25. The third-order valence-corrected chi connectivity index (χ3v) is 2.14. The van der Waals surface area contributed by atoms with Crippen LogP contribution in [0.4, 0.5) is 0 Å². The van der Waals surface area contributed by atoms with Gasteiger partial charge in [0.15, 0.2) is 0 Å². The van der Waals surface area contributed by atoms with Crippen molar-refractivity contribution in [3.8, 4) is 0 Å². The molecule has 98 valence electrons. The number of rotatable bonds is 6. The van der Waals surface area contributed by atoms with Gasteiger partial charge in [-0.3, -0.25) is 14.4 Å². The molecule has 0 bridgehead atoms. The van der Waals surface area contributed by atoms with Crippen LogP contribution in [0.3, 0.4) is 0 Å². The summed E-state index contributed by atoms with van der Waals surface area (Å²) in [5, 5.41) is 19.8. The summed E-state index contributed by atoms with van der Waals surface area (Å²) in [6, 6.07) is -0.643. The van der Waals surface area contributed by atoms with Gasteiger partial charge in [0.25, 0.3) is 0 Å². The van der Waals surface area contributed by atoms with E-state index in [1.165, 1.54) is 0 Å². The van der Waals surface area contributed by atoms with Crippen molar-refractivity contribution in [2.24, 2.45) is 5.41 Å². The van der Waals surface area contributed by atoms with Crippen molar-refractivity contribution in [2.45, 2.75) is 46.1 Å². The smallest absolute Gasteiger partial charge is 0.305 e. The summed E-state index contributed by atoms with van der Waals surface area (Å²) in [5.74, 6) is -2.35. The van der Waals surface area contributed by atoms with Gasteiger partial charge in [0.2, 0.25) is 5.91 Å². The lowest BCUT2D eigenvalue weighted by Gasteiger charge is -2.23. The molecule has 0 spiro atoms. The predicted molar refractivity (Wildman–Crippen MR) is 60.5 cm³/mol. The maximum Gasteiger partial charge on any atom is 0.305 e. The maximum absolute atomic E-state index is 11.6. The van der Waals surface area contributed by atoms with Gasteiger partial charge in [-0.2, -0.15) is 0 Å². The number of hydrogen-bond acceptors (Lipinski definition) is 3. The molecular weight excluding hydrogens is 226 g/mol. The Morgan fingerprint density at radius 1 is 1.12 bits per heavy atom. The topological polar surface area (TPSA) is 104 Å². The number of nitrogens with one attached hydrogen (secondary N) is 1. The standard InChI is InChI=1S/C11H19NO5/c1-11(2,3)10(17)12-7(6-9(15)16)4-5-8(13)14/h7H,4-6H2,1-3H3,(H,12,17)(H,13,14)(H,15,16)/t7-/m1/s1. The number of hydrogen-bond donors (Lipinski definition) is 3. The average Bonchev–Trinajstić information content (AvgIpc) is 2.11. The molecule has 6 heteroatoms. The van der Waals surface area contributed by atoms with Crippen LogP contribution >= 0.6 is 0 Å². The number of carbonyl (C=O) groups excluding carboxylic acids is 1. The Balaban J connectivity index is 4.43. The summed E-state index contributed by atoms with van der Waals surface area (Å²) in [7, 11) is 0. The highest BCUT2D eigenvalue weighted by Crippen LogP contribution is 2.14. The van der Waals surface area contributed by atoms with Gasteiger partial charge in [-0.15, -0.1) is 0 Å². The minimum atomic E-state index is -1.06.